The summed E-state index contributed by atoms with van der Waals surface area (Å²) in [5, 5.41) is 10.6. The Hall–Kier alpha value is -4.60. The molecule has 1 heterocycles. The summed E-state index contributed by atoms with van der Waals surface area (Å²) in [6, 6.07) is 29.4. The molecular weight excluding hydrogens is 502 g/mol. The van der Waals surface area contributed by atoms with Gasteiger partial charge in [-0.2, -0.15) is 0 Å². The van der Waals surface area contributed by atoms with Gasteiger partial charge in [-0.3, -0.25) is 9.59 Å². The van der Waals surface area contributed by atoms with Gasteiger partial charge in [-0.15, -0.1) is 11.6 Å². The Labute approximate surface area is 226 Å². The number of phenolic OH excluding ortho intramolecular Hbond substituents is 1. The zero-order chi connectivity index (χ0) is 27.9. The van der Waals surface area contributed by atoms with Crippen LogP contribution in [0.15, 0.2) is 106 Å². The van der Waals surface area contributed by atoms with E-state index in [1.165, 1.54) is 32.5 Å². The molecule has 2 aliphatic rings. The van der Waals surface area contributed by atoms with Crippen LogP contribution in [0.5, 0.6) is 5.75 Å². The first-order valence-corrected chi connectivity index (χ1v) is 12.2. The standard InChI is InChI=1S/C19H12O3.C9H10O2.C2H3N.CH3Cl/c20-13-6-8-15-17(10-13)22-18-11-14(21)7-9-16(18)19(15)12-4-2-1-3-5-12;1-8(10)11-7-9-5-3-2-4-6-9;1-3-2;1-2/h1-11,20H;2-6H,7H2,1H3;1H3;1H3. The Kier molecular flexibility index (Phi) is 12.1. The molecule has 1 aliphatic heterocycles. The Morgan fingerprint density at radius 2 is 1.55 bits per heavy atom. The zero-order valence-corrected chi connectivity index (χ0v) is 22.1. The van der Waals surface area contributed by atoms with E-state index in [2.05, 4.69) is 16.4 Å². The highest BCUT2D eigenvalue weighted by Crippen LogP contribution is 2.40. The van der Waals surface area contributed by atoms with Gasteiger partial charge >= 0.3 is 5.97 Å². The van der Waals surface area contributed by atoms with Crippen LogP contribution >= 0.6 is 11.6 Å². The average Bonchev–Trinajstić information content (AvgIpc) is 2.93. The van der Waals surface area contributed by atoms with Crippen molar-refractivity contribution in [3.8, 4) is 28.2 Å². The van der Waals surface area contributed by atoms with Crippen LogP contribution in [0.4, 0.5) is 0 Å². The number of nitrogens with zero attached hydrogens (tertiary/aromatic N) is 1. The van der Waals surface area contributed by atoms with E-state index in [1.54, 1.807) is 18.2 Å². The number of hydrogen-bond donors (Lipinski definition) is 1. The van der Waals surface area contributed by atoms with Crippen molar-refractivity contribution in [3.05, 3.63) is 124 Å². The highest BCUT2D eigenvalue weighted by atomic mass is 35.5. The van der Waals surface area contributed by atoms with Crippen molar-refractivity contribution in [3.63, 3.8) is 0 Å². The van der Waals surface area contributed by atoms with Crippen molar-refractivity contribution >= 4 is 28.5 Å². The van der Waals surface area contributed by atoms with Crippen LogP contribution < -0.4 is 5.43 Å². The molecule has 194 valence electrons. The van der Waals surface area contributed by atoms with Gasteiger partial charge in [0.25, 0.3) is 0 Å². The molecule has 0 saturated heterocycles. The van der Waals surface area contributed by atoms with Crippen LogP contribution in [0.3, 0.4) is 0 Å². The smallest absolute Gasteiger partial charge is 0.302 e. The lowest BCUT2D eigenvalue weighted by Crippen LogP contribution is -1.99. The molecule has 5 rings (SSSR count). The van der Waals surface area contributed by atoms with Crippen molar-refractivity contribution in [1.29, 1.82) is 0 Å². The lowest BCUT2D eigenvalue weighted by Gasteiger charge is -2.14. The predicted octanol–water partition coefficient (Wildman–Crippen LogP) is 7.41. The molecule has 1 N–H and O–H groups in total. The molecule has 0 atom stereocenters. The van der Waals surface area contributed by atoms with Gasteiger partial charge in [0.15, 0.2) is 5.43 Å². The number of benzene rings is 4. The van der Waals surface area contributed by atoms with Crippen molar-refractivity contribution in [1.82, 2.24) is 0 Å². The van der Waals surface area contributed by atoms with Gasteiger partial charge in [-0.1, -0.05) is 60.7 Å². The summed E-state index contributed by atoms with van der Waals surface area (Å²) in [6.45, 7) is 7.61. The Morgan fingerprint density at radius 1 is 0.947 bits per heavy atom. The van der Waals surface area contributed by atoms with Gasteiger partial charge in [0.05, 0.1) is 0 Å². The molecule has 3 aromatic carbocycles. The number of esters is 1. The first-order chi connectivity index (χ1) is 18.4. The van der Waals surface area contributed by atoms with Crippen LogP contribution in [0.2, 0.25) is 0 Å². The van der Waals surface area contributed by atoms with E-state index < -0.39 is 0 Å². The van der Waals surface area contributed by atoms with Crippen molar-refractivity contribution < 1.29 is 19.1 Å². The third-order valence-electron chi connectivity index (χ3n) is 5.02. The van der Waals surface area contributed by atoms with Gasteiger partial charge in [0, 0.05) is 42.0 Å². The molecule has 0 amide bonds. The van der Waals surface area contributed by atoms with Crippen LogP contribution in [-0.4, -0.2) is 24.5 Å². The number of ether oxygens (including phenoxy) is 1. The lowest BCUT2D eigenvalue weighted by atomic mass is 9.94. The van der Waals surface area contributed by atoms with E-state index in [9.17, 15) is 14.7 Å². The molecule has 0 bridgehead atoms. The number of aromatic hydroxyl groups is 1. The summed E-state index contributed by atoms with van der Waals surface area (Å²) in [7, 11) is 1.42. The topological polar surface area (TPSA) is 81.1 Å². The van der Waals surface area contributed by atoms with E-state index in [4.69, 9.17) is 15.7 Å². The molecule has 0 unspecified atom stereocenters. The third-order valence-corrected chi connectivity index (χ3v) is 5.02. The molecule has 0 saturated carbocycles. The predicted molar refractivity (Wildman–Crippen MR) is 152 cm³/mol. The Balaban J connectivity index is 0.000000267. The number of carbonyl (C=O) groups excluding carboxylic acids is 1. The summed E-state index contributed by atoms with van der Waals surface area (Å²) in [6.07, 6.45) is 1.47. The summed E-state index contributed by atoms with van der Waals surface area (Å²) < 4.78 is 10.6. The molecule has 38 heavy (non-hydrogen) atoms. The van der Waals surface area contributed by atoms with Gasteiger partial charge < -0.3 is 19.1 Å². The van der Waals surface area contributed by atoms with Gasteiger partial charge in [-0.25, -0.2) is 6.57 Å². The normalized spacial score (nSPS) is 9.45. The molecule has 1 aliphatic carbocycles. The van der Waals surface area contributed by atoms with Gasteiger partial charge in [0.1, 0.15) is 23.7 Å². The van der Waals surface area contributed by atoms with E-state index in [-0.39, 0.29) is 17.1 Å². The number of carbonyl (C=O) groups is 1. The van der Waals surface area contributed by atoms with Crippen LogP contribution in [0.25, 0.3) is 38.3 Å². The summed E-state index contributed by atoms with van der Waals surface area (Å²) >= 11 is 4.64. The molecule has 0 spiro atoms. The number of halogens is 1. The fraction of sp³-hybridized carbons (Fsp3) is 0.129. The van der Waals surface area contributed by atoms with E-state index in [1.807, 2.05) is 66.7 Å². The molecular formula is C31H28ClNO5. The Bertz CT molecular complexity index is 1510. The summed E-state index contributed by atoms with van der Waals surface area (Å²) in [5.41, 5.74) is 4.38. The number of alkyl halides is 1. The van der Waals surface area contributed by atoms with Crippen LogP contribution in [0.1, 0.15) is 12.5 Å². The first kappa shape index (κ1) is 29.6. The largest absolute Gasteiger partial charge is 0.508 e. The molecule has 3 aromatic rings. The Morgan fingerprint density at radius 3 is 2.16 bits per heavy atom. The number of hydrogen-bond acceptors (Lipinski definition) is 5. The summed E-state index contributed by atoms with van der Waals surface area (Å²) in [5.74, 6) is 0.409. The monoisotopic (exact) mass is 529 g/mol. The zero-order valence-electron chi connectivity index (χ0n) is 21.4. The first-order valence-electron chi connectivity index (χ1n) is 11.5. The minimum Gasteiger partial charge on any atom is -0.508 e. The van der Waals surface area contributed by atoms with Gasteiger partial charge in [0.2, 0.25) is 7.05 Å². The lowest BCUT2D eigenvalue weighted by molar-refractivity contribution is -0.142. The maximum atomic E-state index is 11.6. The average molecular weight is 530 g/mol. The second-order valence-electron chi connectivity index (χ2n) is 7.67. The molecule has 0 fully saturated rings. The van der Waals surface area contributed by atoms with Gasteiger partial charge in [-0.05, 0) is 35.4 Å². The highest BCUT2D eigenvalue weighted by molar-refractivity contribution is 6.15. The fourth-order valence-corrected chi connectivity index (χ4v) is 3.53. The minimum absolute atomic E-state index is 0.102. The molecule has 7 heteroatoms. The van der Waals surface area contributed by atoms with E-state index in [0.29, 0.717) is 18.0 Å². The number of fused-ring (bicyclic) bond motifs is 2. The maximum absolute atomic E-state index is 11.6. The highest BCUT2D eigenvalue weighted by Gasteiger charge is 2.17. The molecule has 0 radical (unpaired) electrons. The quantitative estimate of drug-likeness (QED) is 0.114. The number of rotatable bonds is 3. The summed E-state index contributed by atoms with van der Waals surface area (Å²) in [4.78, 5) is 24.8. The van der Waals surface area contributed by atoms with E-state index in [0.717, 1.165) is 27.6 Å². The third kappa shape index (κ3) is 8.51. The van der Waals surface area contributed by atoms with E-state index >= 15 is 0 Å². The number of phenols is 1. The molecule has 6 nitrogen and oxygen atoms in total. The fourth-order valence-electron chi connectivity index (χ4n) is 3.53. The second-order valence-corrected chi connectivity index (χ2v) is 7.67. The minimum atomic E-state index is -0.242. The van der Waals surface area contributed by atoms with Crippen molar-refractivity contribution in [2.24, 2.45) is 0 Å². The second kappa shape index (κ2) is 15.5. The van der Waals surface area contributed by atoms with Crippen molar-refractivity contribution in [2.75, 3.05) is 13.4 Å². The maximum Gasteiger partial charge on any atom is 0.302 e. The SMILES string of the molecule is CC(=O)OCc1ccccc1.CCl.O=c1ccc2c(-c3ccccc3)c3ccc(O)cc3oc-2c1.[C-]#[N+]C. The molecule has 0 aromatic heterocycles. The van der Waals surface area contributed by atoms with Crippen LogP contribution in [0, 0.1) is 6.57 Å². The van der Waals surface area contributed by atoms with Crippen LogP contribution in [-0.2, 0) is 16.1 Å². The van der Waals surface area contributed by atoms with Crippen molar-refractivity contribution in [2.45, 2.75) is 13.5 Å².